The quantitative estimate of drug-likeness (QED) is 0.261. The molecule has 0 fully saturated rings. The fourth-order valence-corrected chi connectivity index (χ4v) is 7.12. The van der Waals surface area contributed by atoms with Crippen molar-refractivity contribution in [3.8, 4) is 10.8 Å². The van der Waals surface area contributed by atoms with Gasteiger partial charge in [0, 0.05) is 30.9 Å². The van der Waals surface area contributed by atoms with Crippen LogP contribution in [0.15, 0.2) is 98.5 Å². The summed E-state index contributed by atoms with van der Waals surface area (Å²) in [5.41, 5.74) is 5.15. The van der Waals surface area contributed by atoms with E-state index >= 15 is 0 Å². The third-order valence-corrected chi connectivity index (χ3v) is 8.59. The second kappa shape index (κ2) is 6.72. The van der Waals surface area contributed by atoms with Crippen molar-refractivity contribution in [2.24, 2.45) is 0 Å². The lowest BCUT2D eigenvalue weighted by atomic mass is 10.1. The molecule has 31 heavy (non-hydrogen) atoms. The van der Waals surface area contributed by atoms with E-state index < -0.39 is 0 Å². The molecule has 0 atom stereocenters. The fraction of sp³-hybridized carbons (Fsp3) is 0. The molecule has 0 N–H and O–H groups in total. The van der Waals surface area contributed by atoms with Crippen LogP contribution in [0.5, 0.6) is 0 Å². The summed E-state index contributed by atoms with van der Waals surface area (Å²) in [6.07, 6.45) is 0. The molecular weight excluding hydrogens is 440 g/mol. The van der Waals surface area contributed by atoms with Gasteiger partial charge in [0.2, 0.25) is 5.89 Å². The minimum Gasteiger partial charge on any atom is -0.435 e. The van der Waals surface area contributed by atoms with Gasteiger partial charge in [0.05, 0.1) is 16.3 Å². The van der Waals surface area contributed by atoms with Crippen LogP contribution in [0, 0.1) is 0 Å². The normalized spacial score (nSPS) is 13.0. The van der Waals surface area contributed by atoms with Gasteiger partial charge in [-0.3, -0.25) is 0 Å². The van der Waals surface area contributed by atoms with Crippen molar-refractivity contribution in [3.63, 3.8) is 0 Å². The number of thiophene rings is 2. The maximum atomic E-state index is 6.26. The molecule has 7 rings (SSSR count). The highest BCUT2D eigenvalue weighted by molar-refractivity contribution is 7.99. The second-order valence-electron chi connectivity index (χ2n) is 7.31. The van der Waals surface area contributed by atoms with E-state index in [0.717, 1.165) is 27.4 Å². The number of hydrogen-bond acceptors (Lipinski definition) is 6. The molecule has 0 saturated carbocycles. The Balaban J connectivity index is 1.42. The molecule has 3 aromatic heterocycles. The van der Waals surface area contributed by atoms with Crippen molar-refractivity contribution in [3.05, 3.63) is 84.2 Å². The fourth-order valence-electron chi connectivity index (χ4n) is 4.01. The largest absolute Gasteiger partial charge is 0.435 e. The van der Waals surface area contributed by atoms with Crippen molar-refractivity contribution in [2.45, 2.75) is 9.79 Å². The zero-order valence-corrected chi connectivity index (χ0v) is 18.6. The van der Waals surface area contributed by atoms with Gasteiger partial charge in [0.25, 0.3) is 0 Å². The molecule has 0 aliphatic carbocycles. The molecule has 1 aliphatic rings. The van der Waals surface area contributed by atoms with Crippen molar-refractivity contribution in [1.82, 2.24) is 4.98 Å². The lowest BCUT2D eigenvalue weighted by Gasteiger charge is -2.32. The Labute approximate surface area is 190 Å². The molecule has 4 heterocycles. The van der Waals surface area contributed by atoms with Crippen molar-refractivity contribution in [2.75, 3.05) is 4.90 Å². The highest BCUT2D eigenvalue weighted by Crippen LogP contribution is 2.52. The topological polar surface area (TPSA) is 29.3 Å². The van der Waals surface area contributed by atoms with Gasteiger partial charge in [0.15, 0.2) is 5.58 Å². The number of fused-ring (bicyclic) bond motifs is 4. The van der Waals surface area contributed by atoms with Gasteiger partial charge in [-0.05, 0) is 47.8 Å². The minimum absolute atomic E-state index is 0.694. The number of rotatable bonds is 2. The summed E-state index contributed by atoms with van der Waals surface area (Å²) in [5, 5.41) is 2.12. The van der Waals surface area contributed by atoms with Crippen LogP contribution in [0.4, 0.5) is 17.1 Å². The zero-order chi connectivity index (χ0) is 20.4. The van der Waals surface area contributed by atoms with Gasteiger partial charge in [-0.15, -0.1) is 22.7 Å². The maximum Gasteiger partial charge on any atom is 0.237 e. The number of benzene rings is 3. The van der Waals surface area contributed by atoms with E-state index in [9.17, 15) is 0 Å². The minimum atomic E-state index is 0.694. The molecule has 0 bridgehead atoms. The molecule has 3 nitrogen and oxygen atoms in total. The van der Waals surface area contributed by atoms with Gasteiger partial charge in [-0.2, -0.15) is 0 Å². The predicted molar refractivity (Wildman–Crippen MR) is 132 cm³/mol. The summed E-state index contributed by atoms with van der Waals surface area (Å²) in [6.45, 7) is 0. The van der Waals surface area contributed by atoms with Crippen molar-refractivity contribution in [1.29, 1.82) is 0 Å². The highest BCUT2D eigenvalue weighted by Gasteiger charge is 2.26. The third-order valence-electron chi connectivity index (χ3n) is 5.40. The average Bonchev–Trinajstić information content (AvgIpc) is 3.51. The smallest absolute Gasteiger partial charge is 0.237 e. The first-order valence-electron chi connectivity index (χ1n) is 9.87. The first-order chi connectivity index (χ1) is 15.3. The standard InChI is InChI=1S/C25H14N2OS3/c1-2-6-15(7-3-1)27-17-8-4-5-9-20(17)30-22-12-16-19(13-18(22)27)28-25(26-16)24-14-23-21(31-24)10-11-29-23/h1-14H. The van der Waals surface area contributed by atoms with E-state index in [-0.39, 0.29) is 0 Å². The Morgan fingerprint density at radius 2 is 1.65 bits per heavy atom. The number of para-hydroxylation sites is 2. The Kier molecular flexibility index (Phi) is 3.82. The van der Waals surface area contributed by atoms with E-state index in [1.165, 1.54) is 24.9 Å². The second-order valence-corrected chi connectivity index (χ2v) is 10.4. The summed E-state index contributed by atoms with van der Waals surface area (Å²) >= 11 is 5.27. The zero-order valence-electron chi connectivity index (χ0n) is 16.1. The van der Waals surface area contributed by atoms with Crippen LogP contribution < -0.4 is 4.90 Å². The maximum absolute atomic E-state index is 6.26. The van der Waals surface area contributed by atoms with Gasteiger partial charge in [-0.25, -0.2) is 4.98 Å². The Bertz CT molecular complexity index is 1550. The van der Waals surface area contributed by atoms with E-state index in [4.69, 9.17) is 9.40 Å². The molecule has 0 spiro atoms. The van der Waals surface area contributed by atoms with Crippen molar-refractivity contribution < 1.29 is 4.42 Å². The van der Waals surface area contributed by atoms with Crippen LogP contribution in [0.25, 0.3) is 31.3 Å². The molecule has 0 amide bonds. The Hall–Kier alpha value is -3.06. The number of aromatic nitrogens is 1. The Morgan fingerprint density at radius 3 is 2.55 bits per heavy atom. The highest BCUT2D eigenvalue weighted by atomic mass is 32.2. The van der Waals surface area contributed by atoms with Gasteiger partial charge < -0.3 is 9.32 Å². The molecule has 0 saturated heterocycles. The van der Waals surface area contributed by atoms with E-state index in [2.05, 4.69) is 83.1 Å². The molecular formula is C25H14N2OS3. The van der Waals surface area contributed by atoms with Crippen LogP contribution in [0.1, 0.15) is 0 Å². The summed E-state index contributed by atoms with van der Waals surface area (Å²) in [4.78, 5) is 10.6. The van der Waals surface area contributed by atoms with Gasteiger partial charge in [0.1, 0.15) is 5.52 Å². The molecule has 1 aliphatic heterocycles. The summed E-state index contributed by atoms with van der Waals surface area (Å²) in [5.74, 6) is 0.694. The van der Waals surface area contributed by atoms with Crippen LogP contribution in [0.2, 0.25) is 0 Å². The summed E-state index contributed by atoms with van der Waals surface area (Å²) < 4.78 is 8.82. The van der Waals surface area contributed by atoms with E-state index in [0.29, 0.717) is 5.89 Å². The number of nitrogens with zero attached hydrogens (tertiary/aromatic N) is 2. The van der Waals surface area contributed by atoms with Crippen molar-refractivity contribution >= 4 is 72.0 Å². The van der Waals surface area contributed by atoms with Crippen LogP contribution in [-0.4, -0.2) is 4.98 Å². The van der Waals surface area contributed by atoms with E-state index in [1.54, 1.807) is 34.4 Å². The van der Waals surface area contributed by atoms with Crippen LogP contribution >= 0.6 is 34.4 Å². The summed E-state index contributed by atoms with van der Waals surface area (Å²) in [6, 6.07) is 27.6. The number of oxazole rings is 1. The third kappa shape index (κ3) is 2.76. The SMILES string of the molecule is c1ccc(N2c3ccccc3Sc3cc4nc(-c5cc6sccc6s5)oc4cc32)cc1. The molecule has 0 radical (unpaired) electrons. The average molecular weight is 455 g/mol. The molecule has 3 aromatic carbocycles. The molecule has 148 valence electrons. The lowest BCUT2D eigenvalue weighted by molar-refractivity contribution is 0.621. The molecule has 0 unspecified atom stereocenters. The monoisotopic (exact) mass is 454 g/mol. The molecule has 6 aromatic rings. The first kappa shape index (κ1) is 17.6. The van der Waals surface area contributed by atoms with Crippen LogP contribution in [-0.2, 0) is 0 Å². The Morgan fingerprint density at radius 1 is 0.774 bits per heavy atom. The first-order valence-corrected chi connectivity index (χ1v) is 12.4. The predicted octanol–water partition coefficient (Wildman–Crippen LogP) is 8.71. The number of anilines is 3. The summed E-state index contributed by atoms with van der Waals surface area (Å²) in [7, 11) is 0. The van der Waals surface area contributed by atoms with Gasteiger partial charge in [-0.1, -0.05) is 42.1 Å². The molecule has 6 heteroatoms. The lowest BCUT2D eigenvalue weighted by Crippen LogP contribution is -2.14. The van der Waals surface area contributed by atoms with E-state index in [1.807, 2.05) is 6.07 Å². The van der Waals surface area contributed by atoms with Crippen LogP contribution in [0.3, 0.4) is 0 Å². The number of hydrogen-bond donors (Lipinski definition) is 0. The van der Waals surface area contributed by atoms with Gasteiger partial charge >= 0.3 is 0 Å².